The van der Waals surface area contributed by atoms with Gasteiger partial charge >= 0.3 is 0 Å². The molecule has 0 saturated carbocycles. The van der Waals surface area contributed by atoms with Crippen molar-refractivity contribution in [2.24, 2.45) is 0 Å². The summed E-state index contributed by atoms with van der Waals surface area (Å²) in [6.45, 7) is 0. The molecule has 3 heterocycles. The van der Waals surface area contributed by atoms with Crippen LogP contribution in [-0.2, 0) is 10.0 Å². The maximum absolute atomic E-state index is 11.3. The topological polar surface area (TPSA) is 84.8 Å². The number of nitrogens with zero attached hydrogens (tertiary/aromatic N) is 3. The van der Waals surface area contributed by atoms with E-state index in [9.17, 15) is 8.42 Å². The quantitative estimate of drug-likeness (QED) is 0.656. The van der Waals surface area contributed by atoms with Crippen LogP contribution >= 0.6 is 38.9 Å². The highest BCUT2D eigenvalue weighted by Crippen LogP contribution is 2.36. The van der Waals surface area contributed by atoms with Crippen LogP contribution in [0.15, 0.2) is 28.3 Å². The minimum absolute atomic E-state index is 0.114. The summed E-state index contributed by atoms with van der Waals surface area (Å²) in [5, 5.41) is 2.01. The van der Waals surface area contributed by atoms with Gasteiger partial charge in [0.15, 0.2) is 0 Å². The molecule has 0 aliphatic carbocycles. The van der Waals surface area contributed by atoms with Crippen LogP contribution in [0, 0.1) is 0 Å². The molecule has 1 N–H and O–H groups in total. The Kier molecular flexibility index (Phi) is 4.06. The Hall–Kier alpha value is -1.29. The molecule has 6 nitrogen and oxygen atoms in total. The average Bonchev–Trinajstić information content (AvgIpc) is 2.78. The van der Waals surface area contributed by atoms with Crippen molar-refractivity contribution in [3.05, 3.63) is 33.6 Å². The minimum atomic E-state index is -3.38. The first kappa shape index (κ1) is 15.6. The van der Waals surface area contributed by atoms with Gasteiger partial charge in [-0.05, 0) is 33.6 Å². The maximum Gasteiger partial charge on any atom is 0.229 e. The van der Waals surface area contributed by atoms with Gasteiger partial charge in [0.2, 0.25) is 15.3 Å². The summed E-state index contributed by atoms with van der Waals surface area (Å²) in [7, 11) is -3.38. The molecule has 10 heteroatoms. The Balaban J connectivity index is 2.17. The Morgan fingerprint density at radius 2 is 2.09 bits per heavy atom. The molecule has 0 aliphatic rings. The van der Waals surface area contributed by atoms with Crippen molar-refractivity contribution in [2.45, 2.75) is 0 Å². The molecule has 22 heavy (non-hydrogen) atoms. The van der Waals surface area contributed by atoms with Crippen LogP contribution in [0.2, 0.25) is 5.28 Å². The number of pyridine rings is 1. The van der Waals surface area contributed by atoms with Crippen LogP contribution in [0.1, 0.15) is 0 Å². The van der Waals surface area contributed by atoms with Crippen molar-refractivity contribution < 1.29 is 8.42 Å². The van der Waals surface area contributed by atoms with Crippen molar-refractivity contribution in [1.82, 2.24) is 15.0 Å². The highest BCUT2D eigenvalue weighted by molar-refractivity contribution is 9.10. The summed E-state index contributed by atoms with van der Waals surface area (Å²) < 4.78 is 26.7. The number of anilines is 1. The third kappa shape index (κ3) is 3.22. The van der Waals surface area contributed by atoms with Crippen LogP contribution in [0.25, 0.3) is 21.5 Å². The van der Waals surface area contributed by atoms with Crippen molar-refractivity contribution in [2.75, 3.05) is 11.0 Å². The number of nitrogens with one attached hydrogen (secondary N) is 1. The van der Waals surface area contributed by atoms with Gasteiger partial charge in [-0.25, -0.2) is 18.4 Å². The number of aromatic nitrogens is 3. The van der Waals surface area contributed by atoms with Gasteiger partial charge in [-0.2, -0.15) is 0 Å². The molecule has 0 unspecified atom stereocenters. The Labute approximate surface area is 143 Å². The standard InChI is InChI=1S/C12H8BrClN4O2S2/c1-22(19,20)18-7-2-6(3-15-4-7)9-11-10(8(13)5-21-11)17-12(14)16-9/h2-5,18H,1H3. The zero-order valence-corrected chi connectivity index (χ0v) is 15.0. The molecule has 0 bridgehead atoms. The first-order valence-corrected chi connectivity index (χ1v) is 9.81. The number of rotatable bonds is 3. The first-order valence-electron chi connectivity index (χ1n) is 5.87. The fourth-order valence-electron chi connectivity index (χ4n) is 1.90. The van der Waals surface area contributed by atoms with E-state index in [1.807, 2.05) is 5.38 Å². The van der Waals surface area contributed by atoms with Crippen molar-refractivity contribution in [3.8, 4) is 11.3 Å². The molecule has 0 saturated heterocycles. The lowest BCUT2D eigenvalue weighted by Crippen LogP contribution is -2.09. The lowest BCUT2D eigenvalue weighted by molar-refractivity contribution is 0.607. The van der Waals surface area contributed by atoms with Gasteiger partial charge in [-0.15, -0.1) is 11.3 Å². The van der Waals surface area contributed by atoms with Crippen LogP contribution < -0.4 is 4.72 Å². The van der Waals surface area contributed by atoms with E-state index in [0.717, 1.165) is 15.4 Å². The smallest absolute Gasteiger partial charge is 0.229 e. The van der Waals surface area contributed by atoms with Gasteiger partial charge in [-0.1, -0.05) is 0 Å². The second kappa shape index (κ2) is 5.73. The summed E-state index contributed by atoms with van der Waals surface area (Å²) in [5.74, 6) is 0. The number of hydrogen-bond acceptors (Lipinski definition) is 6. The van der Waals surface area contributed by atoms with Crippen LogP contribution in [-0.4, -0.2) is 29.6 Å². The second-order valence-electron chi connectivity index (χ2n) is 4.44. The molecule has 3 rings (SSSR count). The second-order valence-corrected chi connectivity index (χ2v) is 8.26. The van der Waals surface area contributed by atoms with E-state index in [2.05, 4.69) is 35.6 Å². The van der Waals surface area contributed by atoms with Gasteiger partial charge in [0, 0.05) is 17.1 Å². The van der Waals surface area contributed by atoms with Crippen molar-refractivity contribution in [1.29, 1.82) is 0 Å². The molecule has 0 atom stereocenters. The molecule has 3 aromatic heterocycles. The Bertz CT molecular complexity index is 974. The molecule has 0 aromatic carbocycles. The van der Waals surface area contributed by atoms with E-state index in [0.29, 0.717) is 22.5 Å². The predicted octanol–water partition coefficient (Wildman–Crippen LogP) is 3.54. The van der Waals surface area contributed by atoms with E-state index in [1.165, 1.54) is 17.5 Å². The molecule has 0 amide bonds. The summed E-state index contributed by atoms with van der Waals surface area (Å²) in [5.41, 5.74) is 2.33. The minimum Gasteiger partial charge on any atom is -0.282 e. The lowest BCUT2D eigenvalue weighted by Gasteiger charge is -2.07. The fraction of sp³-hybridized carbons (Fsp3) is 0.0833. The molecular weight excluding hydrogens is 412 g/mol. The zero-order chi connectivity index (χ0) is 15.9. The highest BCUT2D eigenvalue weighted by atomic mass is 79.9. The van der Waals surface area contributed by atoms with E-state index in [1.54, 1.807) is 12.3 Å². The Morgan fingerprint density at radius 1 is 1.32 bits per heavy atom. The largest absolute Gasteiger partial charge is 0.282 e. The van der Waals surface area contributed by atoms with E-state index in [4.69, 9.17) is 11.6 Å². The normalized spacial score (nSPS) is 11.8. The van der Waals surface area contributed by atoms with Crippen LogP contribution in [0.5, 0.6) is 0 Å². The monoisotopic (exact) mass is 418 g/mol. The maximum atomic E-state index is 11.3. The van der Waals surface area contributed by atoms with Crippen LogP contribution in [0.4, 0.5) is 5.69 Å². The molecule has 0 fully saturated rings. The summed E-state index contributed by atoms with van der Waals surface area (Å²) in [6.07, 6.45) is 4.10. The van der Waals surface area contributed by atoms with Gasteiger partial charge in [0.25, 0.3) is 0 Å². The van der Waals surface area contributed by atoms with E-state index in [-0.39, 0.29) is 5.28 Å². The molecule has 114 valence electrons. The molecular formula is C12H8BrClN4O2S2. The third-order valence-electron chi connectivity index (χ3n) is 2.66. The fourth-order valence-corrected chi connectivity index (χ4v) is 4.18. The van der Waals surface area contributed by atoms with Gasteiger partial charge in [-0.3, -0.25) is 9.71 Å². The highest BCUT2D eigenvalue weighted by Gasteiger charge is 2.14. The predicted molar refractivity (Wildman–Crippen MR) is 91.8 cm³/mol. The number of fused-ring (bicyclic) bond motifs is 1. The summed E-state index contributed by atoms with van der Waals surface area (Å²) in [6, 6.07) is 1.65. The summed E-state index contributed by atoms with van der Waals surface area (Å²) >= 11 is 10.9. The Morgan fingerprint density at radius 3 is 2.82 bits per heavy atom. The van der Waals surface area contributed by atoms with Gasteiger partial charge < -0.3 is 0 Å². The van der Waals surface area contributed by atoms with Crippen molar-refractivity contribution in [3.63, 3.8) is 0 Å². The van der Waals surface area contributed by atoms with E-state index < -0.39 is 10.0 Å². The molecule has 0 radical (unpaired) electrons. The number of thiophene rings is 1. The number of hydrogen-bond donors (Lipinski definition) is 1. The number of halogens is 2. The van der Waals surface area contributed by atoms with E-state index >= 15 is 0 Å². The van der Waals surface area contributed by atoms with Crippen LogP contribution in [0.3, 0.4) is 0 Å². The number of sulfonamides is 1. The van der Waals surface area contributed by atoms with Gasteiger partial charge in [0.05, 0.1) is 33.0 Å². The lowest BCUT2D eigenvalue weighted by atomic mass is 10.2. The first-order chi connectivity index (χ1) is 10.3. The van der Waals surface area contributed by atoms with Gasteiger partial charge in [0.1, 0.15) is 5.52 Å². The molecule has 3 aromatic rings. The molecule has 0 aliphatic heterocycles. The average molecular weight is 420 g/mol. The third-order valence-corrected chi connectivity index (χ3v) is 5.32. The molecule has 0 spiro atoms. The van der Waals surface area contributed by atoms with Crippen molar-refractivity contribution >= 4 is 64.8 Å². The summed E-state index contributed by atoms with van der Waals surface area (Å²) in [4.78, 5) is 12.5. The SMILES string of the molecule is CS(=O)(=O)Nc1cncc(-c2nc(Cl)nc3c(Br)csc23)c1. The zero-order valence-electron chi connectivity index (χ0n) is 11.0.